The van der Waals surface area contributed by atoms with Crippen LogP contribution in [0, 0.1) is 0 Å². The fourth-order valence-electron chi connectivity index (χ4n) is 1.69. The second kappa shape index (κ2) is 6.47. The highest BCUT2D eigenvalue weighted by Gasteiger charge is 2.06. The zero-order valence-electron chi connectivity index (χ0n) is 10.9. The summed E-state index contributed by atoms with van der Waals surface area (Å²) in [5.74, 6) is 1.03. The van der Waals surface area contributed by atoms with Gasteiger partial charge >= 0.3 is 0 Å². The summed E-state index contributed by atoms with van der Waals surface area (Å²) in [5.41, 5.74) is 2.23. The molecule has 100 valence electrons. The average Bonchev–Trinajstić information content (AvgIpc) is 2.46. The highest BCUT2D eigenvalue weighted by atomic mass is 79.9. The molecular formula is C13H15BrN4O. The minimum Gasteiger partial charge on any atom is -0.480 e. The summed E-state index contributed by atoms with van der Waals surface area (Å²) in [5, 5.41) is 3.15. The Bertz CT molecular complexity index is 562. The number of aryl methyl sites for hydroxylation is 1. The van der Waals surface area contributed by atoms with Crippen LogP contribution in [0.4, 0.5) is 5.95 Å². The van der Waals surface area contributed by atoms with Gasteiger partial charge in [0.05, 0.1) is 30.0 Å². The molecule has 0 aliphatic carbocycles. The molecule has 0 saturated heterocycles. The third-order valence-electron chi connectivity index (χ3n) is 2.68. The third-order valence-corrected chi connectivity index (χ3v) is 3.23. The Balaban J connectivity index is 2.10. The standard InChI is InChI=1S/C13H15BrN4O/c1-3-9-5-4-6-15-11(9)8-17-13-16-7-10(14)12(18-13)19-2/h4-7H,3,8H2,1-2H3,(H,16,17,18). The van der Waals surface area contributed by atoms with E-state index in [2.05, 4.69) is 49.2 Å². The lowest BCUT2D eigenvalue weighted by Gasteiger charge is -2.09. The van der Waals surface area contributed by atoms with Gasteiger partial charge in [-0.05, 0) is 34.0 Å². The van der Waals surface area contributed by atoms with Crippen LogP contribution in [-0.2, 0) is 13.0 Å². The normalized spacial score (nSPS) is 10.3. The van der Waals surface area contributed by atoms with Gasteiger partial charge in [0.25, 0.3) is 0 Å². The summed E-state index contributed by atoms with van der Waals surface area (Å²) in [4.78, 5) is 12.8. The lowest BCUT2D eigenvalue weighted by molar-refractivity contribution is 0.394. The van der Waals surface area contributed by atoms with Crippen LogP contribution in [-0.4, -0.2) is 22.1 Å². The number of hydrogen-bond acceptors (Lipinski definition) is 5. The third kappa shape index (κ3) is 3.41. The predicted octanol–water partition coefficient (Wildman–Crippen LogP) is 2.82. The van der Waals surface area contributed by atoms with Crippen LogP contribution in [0.25, 0.3) is 0 Å². The monoisotopic (exact) mass is 322 g/mol. The zero-order chi connectivity index (χ0) is 13.7. The number of methoxy groups -OCH3 is 1. The fourth-order valence-corrected chi connectivity index (χ4v) is 2.05. The van der Waals surface area contributed by atoms with E-state index >= 15 is 0 Å². The minimum absolute atomic E-state index is 0.509. The van der Waals surface area contributed by atoms with E-state index in [-0.39, 0.29) is 0 Å². The summed E-state index contributed by atoms with van der Waals surface area (Å²) in [6, 6.07) is 4.02. The number of hydrogen-bond donors (Lipinski definition) is 1. The number of halogens is 1. The van der Waals surface area contributed by atoms with Gasteiger partial charge in [-0.2, -0.15) is 4.98 Å². The highest BCUT2D eigenvalue weighted by molar-refractivity contribution is 9.10. The molecule has 2 rings (SSSR count). The van der Waals surface area contributed by atoms with Gasteiger partial charge in [0, 0.05) is 6.20 Å². The van der Waals surface area contributed by atoms with E-state index in [1.807, 2.05) is 6.07 Å². The molecule has 0 saturated carbocycles. The predicted molar refractivity (Wildman–Crippen MR) is 77.2 cm³/mol. The highest BCUT2D eigenvalue weighted by Crippen LogP contribution is 2.22. The van der Waals surface area contributed by atoms with Crippen molar-refractivity contribution >= 4 is 21.9 Å². The first-order chi connectivity index (χ1) is 9.24. The summed E-state index contributed by atoms with van der Waals surface area (Å²) in [7, 11) is 1.57. The largest absolute Gasteiger partial charge is 0.480 e. The first-order valence-corrected chi connectivity index (χ1v) is 6.77. The van der Waals surface area contributed by atoms with E-state index in [4.69, 9.17) is 4.74 Å². The fraction of sp³-hybridized carbons (Fsp3) is 0.308. The molecule has 0 aromatic carbocycles. The molecule has 2 heterocycles. The van der Waals surface area contributed by atoms with Gasteiger partial charge in [-0.3, -0.25) is 4.98 Å². The van der Waals surface area contributed by atoms with Gasteiger partial charge in [0.2, 0.25) is 11.8 Å². The minimum atomic E-state index is 0.509. The molecule has 0 radical (unpaired) electrons. The summed E-state index contributed by atoms with van der Waals surface area (Å²) in [6.45, 7) is 2.70. The molecule has 19 heavy (non-hydrogen) atoms. The molecule has 5 nitrogen and oxygen atoms in total. The average molecular weight is 323 g/mol. The first kappa shape index (κ1) is 13.7. The molecule has 0 fully saturated rings. The number of nitrogens with zero attached hydrogens (tertiary/aromatic N) is 3. The van der Waals surface area contributed by atoms with Crippen LogP contribution in [0.5, 0.6) is 5.88 Å². The Morgan fingerprint density at radius 1 is 1.37 bits per heavy atom. The van der Waals surface area contributed by atoms with Gasteiger partial charge in [-0.25, -0.2) is 4.98 Å². The molecule has 6 heteroatoms. The van der Waals surface area contributed by atoms with Gasteiger partial charge in [-0.1, -0.05) is 13.0 Å². The van der Waals surface area contributed by atoms with Gasteiger partial charge in [-0.15, -0.1) is 0 Å². The van der Waals surface area contributed by atoms with Crippen molar-refractivity contribution in [1.29, 1.82) is 0 Å². The van der Waals surface area contributed by atoms with Crippen molar-refractivity contribution in [2.45, 2.75) is 19.9 Å². The van der Waals surface area contributed by atoms with Gasteiger partial charge < -0.3 is 10.1 Å². The maximum absolute atomic E-state index is 5.13. The van der Waals surface area contributed by atoms with Crippen molar-refractivity contribution in [3.63, 3.8) is 0 Å². The Morgan fingerprint density at radius 3 is 2.95 bits per heavy atom. The molecule has 0 aliphatic heterocycles. The smallest absolute Gasteiger partial charge is 0.232 e. The van der Waals surface area contributed by atoms with Crippen LogP contribution in [0.15, 0.2) is 29.0 Å². The van der Waals surface area contributed by atoms with Gasteiger partial charge in [0.15, 0.2) is 0 Å². The number of aromatic nitrogens is 3. The molecule has 0 aliphatic rings. The van der Waals surface area contributed by atoms with Crippen LogP contribution in [0.2, 0.25) is 0 Å². The molecule has 0 amide bonds. The van der Waals surface area contributed by atoms with E-state index in [1.54, 1.807) is 19.5 Å². The van der Waals surface area contributed by atoms with Gasteiger partial charge in [0.1, 0.15) is 0 Å². The second-order valence-corrected chi connectivity index (χ2v) is 4.72. The second-order valence-electron chi connectivity index (χ2n) is 3.87. The van der Waals surface area contributed by atoms with Crippen LogP contribution in [0.1, 0.15) is 18.2 Å². The zero-order valence-corrected chi connectivity index (χ0v) is 12.4. The summed E-state index contributed by atoms with van der Waals surface area (Å²) >= 11 is 3.32. The number of pyridine rings is 1. The quantitative estimate of drug-likeness (QED) is 0.917. The number of rotatable bonds is 5. The van der Waals surface area contributed by atoms with E-state index in [0.29, 0.717) is 18.4 Å². The molecule has 0 atom stereocenters. The van der Waals surface area contributed by atoms with Crippen LogP contribution >= 0.6 is 15.9 Å². The van der Waals surface area contributed by atoms with Crippen LogP contribution < -0.4 is 10.1 Å². The molecular weight excluding hydrogens is 308 g/mol. The number of nitrogens with one attached hydrogen (secondary N) is 1. The van der Waals surface area contributed by atoms with E-state index < -0.39 is 0 Å². The summed E-state index contributed by atoms with van der Waals surface area (Å²) in [6.07, 6.45) is 4.40. The van der Waals surface area contributed by atoms with E-state index in [0.717, 1.165) is 16.6 Å². The van der Waals surface area contributed by atoms with Crippen molar-refractivity contribution in [3.8, 4) is 5.88 Å². The molecule has 2 aromatic rings. The Hall–Kier alpha value is -1.69. The summed E-state index contributed by atoms with van der Waals surface area (Å²) < 4.78 is 5.86. The Kier molecular flexibility index (Phi) is 4.68. The van der Waals surface area contributed by atoms with Crippen molar-refractivity contribution in [2.24, 2.45) is 0 Å². The molecule has 1 N–H and O–H groups in total. The molecule has 2 aromatic heterocycles. The molecule has 0 bridgehead atoms. The van der Waals surface area contributed by atoms with Crippen molar-refractivity contribution in [3.05, 3.63) is 40.3 Å². The molecule has 0 unspecified atom stereocenters. The van der Waals surface area contributed by atoms with E-state index in [9.17, 15) is 0 Å². The Morgan fingerprint density at radius 2 is 2.21 bits per heavy atom. The van der Waals surface area contributed by atoms with Crippen molar-refractivity contribution in [1.82, 2.24) is 15.0 Å². The van der Waals surface area contributed by atoms with Crippen molar-refractivity contribution < 1.29 is 4.74 Å². The van der Waals surface area contributed by atoms with Crippen molar-refractivity contribution in [2.75, 3.05) is 12.4 Å². The van der Waals surface area contributed by atoms with E-state index in [1.165, 1.54) is 5.56 Å². The number of ether oxygens (including phenoxy) is 1. The lowest BCUT2D eigenvalue weighted by Crippen LogP contribution is -2.08. The maximum Gasteiger partial charge on any atom is 0.232 e. The Labute approximate surface area is 120 Å². The maximum atomic E-state index is 5.13. The SMILES string of the molecule is CCc1cccnc1CNc1ncc(Br)c(OC)n1. The first-order valence-electron chi connectivity index (χ1n) is 5.97. The number of anilines is 1. The van der Waals surface area contributed by atoms with Crippen LogP contribution in [0.3, 0.4) is 0 Å². The topological polar surface area (TPSA) is 59.9 Å². The lowest BCUT2D eigenvalue weighted by atomic mass is 10.1. The molecule has 0 spiro atoms.